The summed E-state index contributed by atoms with van der Waals surface area (Å²) in [5.74, 6) is 0. The van der Waals surface area contributed by atoms with Crippen LogP contribution in [0.25, 0.3) is 0 Å². The second-order valence-corrected chi connectivity index (χ2v) is 2.52. The van der Waals surface area contributed by atoms with E-state index in [1.54, 1.807) is 0 Å². The van der Waals surface area contributed by atoms with Crippen LogP contribution in [0.1, 0.15) is 0 Å². The molecule has 0 aromatic rings. The van der Waals surface area contributed by atoms with Crippen molar-refractivity contribution < 1.29 is 22.4 Å². The summed E-state index contributed by atoms with van der Waals surface area (Å²) in [5, 5.41) is 0. The second kappa shape index (κ2) is 6.41. The molecule has 1 nitrogen and oxygen atoms in total. The second-order valence-electron chi connectivity index (χ2n) is 0.437. The topological polar surface area (TPSA) is 26.0 Å². The Kier molecular flexibility index (Phi) is 11.1. The van der Waals surface area contributed by atoms with Gasteiger partial charge in [-0.25, -0.2) is 0 Å². The van der Waals surface area contributed by atoms with Crippen molar-refractivity contribution in [2.75, 3.05) is 0 Å². The van der Waals surface area contributed by atoms with E-state index in [0.717, 1.165) is 0 Å². The van der Waals surface area contributed by atoms with Crippen molar-refractivity contribution in [3.05, 3.63) is 0 Å². The van der Waals surface area contributed by atoms with Crippen molar-refractivity contribution in [3.8, 4) is 0 Å². The largest absolute Gasteiger partial charge is 0.384 e. The summed E-state index contributed by atoms with van der Waals surface area (Å²) in [5.41, 5.74) is 4.97. The quantitative estimate of drug-likeness (QED) is 0.405. The molecular formula is CH4AuNPS2. The van der Waals surface area contributed by atoms with Gasteiger partial charge in [0.1, 0.15) is 4.32 Å². The Morgan fingerprint density at radius 1 is 1.83 bits per heavy atom. The van der Waals surface area contributed by atoms with Crippen LogP contribution in [0.2, 0.25) is 0 Å². The molecule has 41 valence electrons. The van der Waals surface area contributed by atoms with Crippen molar-refractivity contribution in [2.45, 2.75) is 0 Å². The van der Waals surface area contributed by atoms with Crippen LogP contribution in [-0.2, 0) is 22.4 Å². The molecule has 5 heteroatoms. The first-order valence-electron chi connectivity index (χ1n) is 0.933. The van der Waals surface area contributed by atoms with E-state index in [9.17, 15) is 0 Å². The van der Waals surface area contributed by atoms with E-state index in [1.165, 1.54) is 11.4 Å². The van der Waals surface area contributed by atoms with Gasteiger partial charge >= 0.3 is 0 Å². The summed E-state index contributed by atoms with van der Waals surface area (Å²) >= 11 is 5.72. The van der Waals surface area contributed by atoms with Gasteiger partial charge in [0.25, 0.3) is 0 Å². The summed E-state index contributed by atoms with van der Waals surface area (Å²) in [6.07, 6.45) is 0. The van der Waals surface area contributed by atoms with Gasteiger partial charge in [-0.3, -0.25) is 0 Å². The molecule has 0 aromatic carbocycles. The molecule has 0 aliphatic rings. The molecule has 1 radical (unpaired) electrons. The number of thiocarbonyl (C=S) groups is 1. The van der Waals surface area contributed by atoms with E-state index >= 15 is 0 Å². The molecule has 0 amide bonds. The minimum atomic E-state index is 0. The van der Waals surface area contributed by atoms with Crippen LogP contribution in [0, 0.1) is 0 Å². The Balaban J connectivity index is 0. The molecule has 0 spiro atoms. The molecule has 0 saturated heterocycles. The van der Waals surface area contributed by atoms with Crippen LogP contribution in [-0.4, -0.2) is 4.32 Å². The molecular weight excluding hydrogens is 318 g/mol. The minimum Gasteiger partial charge on any atom is -0.384 e. The Bertz CT molecular complexity index is 48.8. The SMILES string of the molecule is NC(=S)SP.[Au]. The van der Waals surface area contributed by atoms with Gasteiger partial charge in [0.05, 0.1) is 0 Å². The van der Waals surface area contributed by atoms with E-state index < -0.39 is 0 Å². The van der Waals surface area contributed by atoms with Crippen molar-refractivity contribution in [1.29, 1.82) is 0 Å². The fraction of sp³-hybridized carbons (Fsp3) is 0. The number of hydrogen-bond acceptors (Lipinski definition) is 2. The third-order valence-corrected chi connectivity index (χ3v) is 1.91. The molecule has 0 aliphatic heterocycles. The van der Waals surface area contributed by atoms with Gasteiger partial charge in [-0.1, -0.05) is 32.0 Å². The molecule has 1 unspecified atom stereocenters. The molecule has 0 saturated carbocycles. The average molecular weight is 322 g/mol. The van der Waals surface area contributed by atoms with Crippen LogP contribution in [0.15, 0.2) is 0 Å². The number of hydrogen-bond donors (Lipinski definition) is 1. The monoisotopic (exact) mass is 322 g/mol. The molecule has 0 bridgehead atoms. The standard InChI is InChI=1S/CH4NPS2.Au/c2-1(4)5-3;/h3H2,(H2,2,4);. The fourth-order valence-corrected chi connectivity index (χ4v) is 0. The van der Waals surface area contributed by atoms with Gasteiger partial charge in [0, 0.05) is 22.4 Å². The molecule has 0 fully saturated rings. The Morgan fingerprint density at radius 2 is 2.00 bits per heavy atom. The Hall–Kier alpha value is 1.41. The average Bonchev–Trinajstić information content (AvgIpc) is 1.38. The Morgan fingerprint density at radius 3 is 2.00 bits per heavy atom. The van der Waals surface area contributed by atoms with Gasteiger partial charge in [0.15, 0.2) is 0 Å². The zero-order chi connectivity index (χ0) is 4.28. The van der Waals surface area contributed by atoms with E-state index in [-0.39, 0.29) is 22.4 Å². The molecule has 1 atom stereocenters. The van der Waals surface area contributed by atoms with Crippen molar-refractivity contribution in [3.63, 3.8) is 0 Å². The first-order chi connectivity index (χ1) is 2.27. The van der Waals surface area contributed by atoms with E-state index in [0.29, 0.717) is 4.32 Å². The van der Waals surface area contributed by atoms with Gasteiger partial charge in [-0.05, 0) is 0 Å². The summed E-state index contributed by atoms with van der Waals surface area (Å²) < 4.78 is 0.468. The summed E-state index contributed by atoms with van der Waals surface area (Å²) in [4.78, 5) is 0. The molecule has 0 heterocycles. The summed E-state index contributed by atoms with van der Waals surface area (Å²) in [6, 6.07) is 0. The van der Waals surface area contributed by atoms with Crippen LogP contribution >= 0.6 is 32.0 Å². The molecule has 0 aliphatic carbocycles. The van der Waals surface area contributed by atoms with Crippen molar-refractivity contribution in [2.24, 2.45) is 5.73 Å². The number of rotatable bonds is 0. The van der Waals surface area contributed by atoms with Crippen LogP contribution in [0.5, 0.6) is 0 Å². The van der Waals surface area contributed by atoms with Crippen LogP contribution in [0.3, 0.4) is 0 Å². The summed E-state index contributed by atoms with van der Waals surface area (Å²) in [6.45, 7) is 0. The maximum atomic E-state index is 4.97. The molecule has 2 N–H and O–H groups in total. The van der Waals surface area contributed by atoms with Crippen molar-refractivity contribution in [1.82, 2.24) is 0 Å². The normalized spacial score (nSPS) is 6.17. The van der Waals surface area contributed by atoms with Gasteiger partial charge in [0.2, 0.25) is 0 Å². The van der Waals surface area contributed by atoms with Crippen LogP contribution < -0.4 is 5.73 Å². The zero-order valence-corrected chi connectivity index (χ0v) is 7.73. The molecule has 0 rings (SSSR count). The van der Waals surface area contributed by atoms with Gasteiger partial charge in [-0.15, -0.1) is 0 Å². The zero-order valence-electron chi connectivity index (χ0n) is 2.77. The van der Waals surface area contributed by atoms with Gasteiger partial charge < -0.3 is 5.73 Å². The number of nitrogens with two attached hydrogens (primary N) is 1. The van der Waals surface area contributed by atoms with E-state index in [4.69, 9.17) is 5.73 Å². The maximum absolute atomic E-state index is 4.97. The van der Waals surface area contributed by atoms with Crippen molar-refractivity contribution >= 4 is 36.4 Å². The molecule has 0 aromatic heterocycles. The Labute approximate surface area is 64.3 Å². The van der Waals surface area contributed by atoms with E-state index in [1.807, 2.05) is 0 Å². The van der Waals surface area contributed by atoms with Crippen LogP contribution in [0.4, 0.5) is 0 Å². The first kappa shape index (κ1) is 10.4. The predicted octanol–water partition coefficient (Wildman–Crippen LogP) is 0.751. The first-order valence-corrected chi connectivity index (χ1v) is 3.63. The predicted molar refractivity (Wildman–Crippen MR) is 34.1 cm³/mol. The third-order valence-electron chi connectivity index (χ3n) is 0.116. The molecule has 6 heavy (non-hydrogen) atoms. The third kappa shape index (κ3) is 9.05. The minimum absolute atomic E-state index is 0. The van der Waals surface area contributed by atoms with Gasteiger partial charge in [-0.2, -0.15) is 0 Å². The van der Waals surface area contributed by atoms with E-state index in [2.05, 4.69) is 20.7 Å². The smallest absolute Gasteiger partial charge is 0.134 e. The summed E-state index contributed by atoms with van der Waals surface area (Å²) in [7, 11) is 2.34. The fourth-order valence-electron chi connectivity index (χ4n) is 0. The maximum Gasteiger partial charge on any atom is 0.134 e.